The number of aryl methyl sites for hydroxylation is 2. The Hall–Kier alpha value is -1.02. The number of nitrogens with zero attached hydrogens (tertiary/aromatic N) is 1. The Morgan fingerprint density at radius 3 is 2.80 bits per heavy atom. The summed E-state index contributed by atoms with van der Waals surface area (Å²) < 4.78 is 0. The Kier molecular flexibility index (Phi) is 2.96. The number of aliphatic hydroxyl groups excluding tert-OH is 1. The molecule has 1 aromatic carbocycles. The van der Waals surface area contributed by atoms with Gasteiger partial charge in [0.05, 0.1) is 12.6 Å². The van der Waals surface area contributed by atoms with Crippen molar-refractivity contribution < 1.29 is 5.11 Å². The van der Waals surface area contributed by atoms with Crippen molar-refractivity contribution in [1.29, 1.82) is 0 Å². The fourth-order valence-corrected chi connectivity index (χ4v) is 2.27. The van der Waals surface area contributed by atoms with Gasteiger partial charge in [-0.15, -0.1) is 0 Å². The summed E-state index contributed by atoms with van der Waals surface area (Å²) in [6, 6.07) is 6.88. The maximum atomic E-state index is 9.28. The SMILES string of the molecule is Cc1ccc(N2CCCC2CO)cc1C. The van der Waals surface area contributed by atoms with Crippen LogP contribution in [0.3, 0.4) is 0 Å². The normalized spacial score (nSPS) is 21.0. The first-order valence-corrected chi connectivity index (χ1v) is 5.67. The first kappa shape index (κ1) is 10.5. The lowest BCUT2D eigenvalue weighted by Gasteiger charge is -2.25. The van der Waals surface area contributed by atoms with Gasteiger partial charge < -0.3 is 10.0 Å². The van der Waals surface area contributed by atoms with Gasteiger partial charge in [0.2, 0.25) is 0 Å². The highest BCUT2D eigenvalue weighted by Gasteiger charge is 2.23. The van der Waals surface area contributed by atoms with E-state index in [0.717, 1.165) is 13.0 Å². The molecule has 1 fully saturated rings. The summed E-state index contributed by atoms with van der Waals surface area (Å²) in [5.41, 5.74) is 3.92. The molecule has 2 rings (SSSR count). The molecule has 1 unspecified atom stereocenters. The summed E-state index contributed by atoms with van der Waals surface area (Å²) in [5, 5.41) is 9.28. The maximum Gasteiger partial charge on any atom is 0.0635 e. The average molecular weight is 205 g/mol. The van der Waals surface area contributed by atoms with Crippen molar-refractivity contribution in [2.24, 2.45) is 0 Å². The third-order valence-electron chi connectivity index (χ3n) is 3.41. The maximum absolute atomic E-state index is 9.28. The number of aliphatic hydroxyl groups is 1. The van der Waals surface area contributed by atoms with Crippen LogP contribution in [0, 0.1) is 13.8 Å². The number of hydrogen-bond donors (Lipinski definition) is 1. The Morgan fingerprint density at radius 2 is 2.13 bits per heavy atom. The average Bonchev–Trinajstić information content (AvgIpc) is 2.70. The Labute approximate surface area is 91.5 Å². The van der Waals surface area contributed by atoms with E-state index in [2.05, 4.69) is 36.9 Å². The number of benzene rings is 1. The van der Waals surface area contributed by atoms with Crippen LogP contribution >= 0.6 is 0 Å². The molecule has 1 saturated heterocycles. The molecule has 1 atom stereocenters. The molecular formula is C13H19NO. The number of anilines is 1. The summed E-state index contributed by atoms with van der Waals surface area (Å²) in [4.78, 5) is 2.33. The topological polar surface area (TPSA) is 23.5 Å². The van der Waals surface area contributed by atoms with Gasteiger partial charge in [-0.1, -0.05) is 6.07 Å². The van der Waals surface area contributed by atoms with E-state index in [4.69, 9.17) is 0 Å². The summed E-state index contributed by atoms with van der Waals surface area (Å²) in [5.74, 6) is 0. The van der Waals surface area contributed by atoms with Crippen LogP contribution in [0.5, 0.6) is 0 Å². The molecule has 2 heteroatoms. The first-order valence-electron chi connectivity index (χ1n) is 5.67. The Bertz CT molecular complexity index is 348. The summed E-state index contributed by atoms with van der Waals surface area (Å²) in [6.07, 6.45) is 2.31. The minimum atomic E-state index is 0.271. The van der Waals surface area contributed by atoms with Crippen molar-refractivity contribution in [3.8, 4) is 0 Å². The molecule has 1 aliphatic rings. The van der Waals surface area contributed by atoms with Crippen molar-refractivity contribution in [1.82, 2.24) is 0 Å². The van der Waals surface area contributed by atoms with E-state index >= 15 is 0 Å². The van der Waals surface area contributed by atoms with Crippen LogP contribution in [0.2, 0.25) is 0 Å². The molecule has 1 N–H and O–H groups in total. The lowest BCUT2D eigenvalue weighted by atomic mass is 10.1. The van der Waals surface area contributed by atoms with Gasteiger partial charge in [0.25, 0.3) is 0 Å². The van der Waals surface area contributed by atoms with Crippen molar-refractivity contribution in [3.05, 3.63) is 29.3 Å². The highest BCUT2D eigenvalue weighted by molar-refractivity contribution is 5.52. The molecule has 82 valence electrons. The Morgan fingerprint density at radius 1 is 1.33 bits per heavy atom. The van der Waals surface area contributed by atoms with Crippen LogP contribution in [0.4, 0.5) is 5.69 Å². The van der Waals surface area contributed by atoms with Crippen molar-refractivity contribution in [2.45, 2.75) is 32.7 Å². The molecule has 0 amide bonds. The van der Waals surface area contributed by atoms with Gasteiger partial charge >= 0.3 is 0 Å². The van der Waals surface area contributed by atoms with Crippen LogP contribution in [0.1, 0.15) is 24.0 Å². The zero-order chi connectivity index (χ0) is 10.8. The molecule has 0 saturated carbocycles. The molecule has 1 aromatic rings. The fourth-order valence-electron chi connectivity index (χ4n) is 2.27. The quantitative estimate of drug-likeness (QED) is 0.800. The van der Waals surface area contributed by atoms with Crippen LogP contribution in [0.15, 0.2) is 18.2 Å². The van der Waals surface area contributed by atoms with Gasteiger partial charge in [-0.2, -0.15) is 0 Å². The highest BCUT2D eigenvalue weighted by Crippen LogP contribution is 2.26. The molecule has 2 nitrogen and oxygen atoms in total. The van der Waals surface area contributed by atoms with E-state index in [0.29, 0.717) is 6.04 Å². The molecule has 0 radical (unpaired) electrons. The van der Waals surface area contributed by atoms with Gasteiger partial charge in [-0.25, -0.2) is 0 Å². The van der Waals surface area contributed by atoms with Crippen LogP contribution < -0.4 is 4.90 Å². The predicted molar refractivity (Wildman–Crippen MR) is 63.4 cm³/mol. The zero-order valence-corrected chi connectivity index (χ0v) is 9.53. The smallest absolute Gasteiger partial charge is 0.0635 e. The van der Waals surface area contributed by atoms with Gasteiger partial charge in [0, 0.05) is 12.2 Å². The second-order valence-corrected chi connectivity index (χ2v) is 4.44. The van der Waals surface area contributed by atoms with E-state index in [9.17, 15) is 5.11 Å². The second kappa shape index (κ2) is 4.23. The summed E-state index contributed by atoms with van der Waals surface area (Å²) in [6.45, 7) is 5.62. The van der Waals surface area contributed by atoms with E-state index in [-0.39, 0.29) is 6.61 Å². The number of hydrogen-bond acceptors (Lipinski definition) is 2. The summed E-state index contributed by atoms with van der Waals surface area (Å²) in [7, 11) is 0. The minimum Gasteiger partial charge on any atom is -0.394 e. The van der Waals surface area contributed by atoms with Crippen molar-refractivity contribution in [2.75, 3.05) is 18.1 Å². The van der Waals surface area contributed by atoms with Gasteiger partial charge in [-0.3, -0.25) is 0 Å². The first-order chi connectivity index (χ1) is 7.22. The molecule has 15 heavy (non-hydrogen) atoms. The minimum absolute atomic E-state index is 0.271. The molecule has 0 spiro atoms. The van der Waals surface area contributed by atoms with Crippen molar-refractivity contribution >= 4 is 5.69 Å². The van der Waals surface area contributed by atoms with E-state index < -0.39 is 0 Å². The van der Waals surface area contributed by atoms with E-state index in [1.807, 2.05) is 0 Å². The standard InChI is InChI=1S/C13H19NO/c1-10-5-6-12(8-11(10)2)14-7-3-4-13(14)9-15/h5-6,8,13,15H,3-4,7,9H2,1-2H3. The zero-order valence-electron chi connectivity index (χ0n) is 9.53. The third kappa shape index (κ3) is 2.00. The lowest BCUT2D eigenvalue weighted by molar-refractivity contribution is 0.266. The van der Waals surface area contributed by atoms with Gasteiger partial charge in [0.1, 0.15) is 0 Å². The Balaban J connectivity index is 2.25. The molecule has 1 heterocycles. The van der Waals surface area contributed by atoms with E-state index in [1.165, 1.54) is 23.2 Å². The van der Waals surface area contributed by atoms with Crippen LogP contribution in [0.25, 0.3) is 0 Å². The number of rotatable bonds is 2. The lowest BCUT2D eigenvalue weighted by Crippen LogP contribution is -2.31. The molecule has 0 bridgehead atoms. The molecule has 0 aromatic heterocycles. The van der Waals surface area contributed by atoms with Gasteiger partial charge in [0.15, 0.2) is 0 Å². The monoisotopic (exact) mass is 205 g/mol. The van der Waals surface area contributed by atoms with Crippen LogP contribution in [-0.4, -0.2) is 24.3 Å². The van der Waals surface area contributed by atoms with Crippen molar-refractivity contribution in [3.63, 3.8) is 0 Å². The van der Waals surface area contributed by atoms with Crippen LogP contribution in [-0.2, 0) is 0 Å². The largest absolute Gasteiger partial charge is 0.394 e. The van der Waals surface area contributed by atoms with E-state index in [1.54, 1.807) is 0 Å². The second-order valence-electron chi connectivity index (χ2n) is 4.44. The predicted octanol–water partition coefficient (Wildman–Crippen LogP) is 2.26. The van der Waals surface area contributed by atoms with Gasteiger partial charge in [-0.05, 0) is 49.9 Å². The third-order valence-corrected chi connectivity index (χ3v) is 3.41. The fraction of sp³-hybridized carbons (Fsp3) is 0.538. The molecule has 0 aliphatic carbocycles. The summed E-state index contributed by atoms with van der Waals surface area (Å²) >= 11 is 0. The highest BCUT2D eigenvalue weighted by atomic mass is 16.3. The molecular weight excluding hydrogens is 186 g/mol. The molecule has 1 aliphatic heterocycles.